The lowest BCUT2D eigenvalue weighted by Gasteiger charge is -2.20. The first-order valence-corrected chi connectivity index (χ1v) is 5.57. The first-order valence-electron chi connectivity index (χ1n) is 5.57. The van der Waals surface area contributed by atoms with E-state index in [0.717, 1.165) is 23.8 Å². The molecule has 0 bridgehead atoms. The number of nitrogen functional groups attached to an aromatic ring is 1. The molecule has 3 nitrogen and oxygen atoms in total. The van der Waals surface area contributed by atoms with E-state index < -0.39 is 0 Å². The second-order valence-electron chi connectivity index (χ2n) is 4.88. The molecule has 15 heavy (non-hydrogen) atoms. The highest BCUT2D eigenvalue weighted by Gasteiger charge is 2.44. The van der Waals surface area contributed by atoms with E-state index in [2.05, 4.69) is 24.1 Å². The number of hydrogen-bond donors (Lipinski definition) is 2. The van der Waals surface area contributed by atoms with Gasteiger partial charge in [0.05, 0.1) is 17.6 Å². The second kappa shape index (κ2) is 3.72. The van der Waals surface area contributed by atoms with Crippen molar-refractivity contribution < 1.29 is 0 Å². The lowest BCUT2D eigenvalue weighted by molar-refractivity contribution is 0.380. The Bertz CT molecular complexity index is 342. The third-order valence-electron chi connectivity index (χ3n) is 3.52. The second-order valence-corrected chi connectivity index (χ2v) is 4.88. The Kier molecular flexibility index (Phi) is 2.55. The van der Waals surface area contributed by atoms with Gasteiger partial charge in [-0.2, -0.15) is 0 Å². The predicted molar refractivity (Wildman–Crippen MR) is 63.6 cm³/mol. The van der Waals surface area contributed by atoms with Crippen LogP contribution in [0.4, 0.5) is 11.4 Å². The van der Waals surface area contributed by atoms with Gasteiger partial charge >= 0.3 is 0 Å². The van der Waals surface area contributed by atoms with Crippen molar-refractivity contribution in [2.24, 2.45) is 11.3 Å². The number of aromatic nitrogens is 1. The van der Waals surface area contributed by atoms with E-state index >= 15 is 0 Å². The third-order valence-corrected chi connectivity index (χ3v) is 3.52. The van der Waals surface area contributed by atoms with Gasteiger partial charge in [0.1, 0.15) is 0 Å². The summed E-state index contributed by atoms with van der Waals surface area (Å²) >= 11 is 0. The molecule has 0 unspecified atom stereocenters. The maximum atomic E-state index is 5.67. The van der Waals surface area contributed by atoms with Crippen LogP contribution in [0, 0.1) is 11.3 Å². The van der Waals surface area contributed by atoms with Crippen molar-refractivity contribution in [3.05, 3.63) is 18.5 Å². The third kappa shape index (κ3) is 2.22. The smallest absolute Gasteiger partial charge is 0.0547 e. The largest absolute Gasteiger partial charge is 0.397 e. The average Bonchev–Trinajstić information content (AvgIpc) is 2.96. The molecule has 0 aromatic carbocycles. The van der Waals surface area contributed by atoms with Crippen LogP contribution in [0.15, 0.2) is 18.5 Å². The molecule has 0 amide bonds. The van der Waals surface area contributed by atoms with Crippen LogP contribution in [-0.4, -0.2) is 11.5 Å². The maximum Gasteiger partial charge on any atom is 0.0547 e. The van der Waals surface area contributed by atoms with Crippen LogP contribution in [0.2, 0.25) is 0 Å². The highest BCUT2D eigenvalue weighted by molar-refractivity contribution is 5.51. The van der Waals surface area contributed by atoms with E-state index in [0.29, 0.717) is 5.41 Å². The Hall–Kier alpha value is -1.25. The Morgan fingerprint density at radius 2 is 2.20 bits per heavy atom. The monoisotopic (exact) mass is 205 g/mol. The average molecular weight is 205 g/mol. The first kappa shape index (κ1) is 10.3. The molecular formula is C12H19N3. The highest BCUT2D eigenvalue weighted by Crippen LogP contribution is 2.51. The number of hydrogen-bond acceptors (Lipinski definition) is 3. The van der Waals surface area contributed by atoms with Crippen molar-refractivity contribution in [2.75, 3.05) is 17.6 Å². The van der Waals surface area contributed by atoms with Gasteiger partial charge in [0, 0.05) is 12.7 Å². The van der Waals surface area contributed by atoms with Gasteiger partial charge in [0.2, 0.25) is 0 Å². The molecule has 0 radical (unpaired) electrons. The van der Waals surface area contributed by atoms with Crippen LogP contribution in [0.25, 0.3) is 0 Å². The van der Waals surface area contributed by atoms with Crippen molar-refractivity contribution in [1.29, 1.82) is 0 Å². The molecule has 2 rings (SSSR count). The fourth-order valence-electron chi connectivity index (χ4n) is 1.95. The van der Waals surface area contributed by atoms with Gasteiger partial charge < -0.3 is 11.1 Å². The van der Waals surface area contributed by atoms with Gasteiger partial charge in [-0.25, -0.2) is 0 Å². The quantitative estimate of drug-likeness (QED) is 0.794. The van der Waals surface area contributed by atoms with Gasteiger partial charge in [-0.1, -0.05) is 13.8 Å². The molecule has 1 saturated carbocycles. The highest BCUT2D eigenvalue weighted by atomic mass is 14.9. The summed E-state index contributed by atoms with van der Waals surface area (Å²) in [5.74, 6) is 0.749. The molecule has 1 aliphatic rings. The van der Waals surface area contributed by atoms with E-state index in [-0.39, 0.29) is 0 Å². The SMILES string of the molecule is CC(C)C1(CNc2cncc(N)c2)CC1. The summed E-state index contributed by atoms with van der Waals surface area (Å²) < 4.78 is 0. The summed E-state index contributed by atoms with van der Waals surface area (Å²) in [5.41, 5.74) is 7.94. The topological polar surface area (TPSA) is 50.9 Å². The minimum atomic E-state index is 0.518. The first-order chi connectivity index (χ1) is 7.12. The molecule has 0 saturated heterocycles. The van der Waals surface area contributed by atoms with Crippen LogP contribution in [-0.2, 0) is 0 Å². The standard InChI is InChI=1S/C12H19N3/c1-9(2)12(3-4-12)8-15-11-5-10(13)6-14-7-11/h5-7,9,15H,3-4,8,13H2,1-2H3. The Labute approximate surface area is 91.1 Å². The molecule has 0 atom stereocenters. The van der Waals surface area contributed by atoms with Crippen LogP contribution in [0.3, 0.4) is 0 Å². The van der Waals surface area contributed by atoms with Gasteiger partial charge in [-0.3, -0.25) is 4.98 Å². The molecule has 3 heteroatoms. The summed E-state index contributed by atoms with van der Waals surface area (Å²) in [5, 5.41) is 3.43. The van der Waals surface area contributed by atoms with Gasteiger partial charge in [0.15, 0.2) is 0 Å². The summed E-state index contributed by atoms with van der Waals surface area (Å²) in [4.78, 5) is 4.06. The van der Waals surface area contributed by atoms with Crippen molar-refractivity contribution in [3.63, 3.8) is 0 Å². The number of rotatable bonds is 4. The van der Waals surface area contributed by atoms with Gasteiger partial charge in [0.25, 0.3) is 0 Å². The van der Waals surface area contributed by atoms with Crippen molar-refractivity contribution in [2.45, 2.75) is 26.7 Å². The minimum absolute atomic E-state index is 0.518. The van der Waals surface area contributed by atoms with Crippen molar-refractivity contribution in [1.82, 2.24) is 4.98 Å². The molecule has 1 aromatic rings. The molecule has 1 fully saturated rings. The number of nitrogens with two attached hydrogens (primary N) is 1. The summed E-state index contributed by atoms with van der Waals surface area (Å²) in [6.07, 6.45) is 6.17. The van der Waals surface area contributed by atoms with E-state index in [1.165, 1.54) is 12.8 Å². The van der Waals surface area contributed by atoms with Crippen LogP contribution in [0.1, 0.15) is 26.7 Å². The molecule has 3 N–H and O–H groups in total. The Morgan fingerprint density at radius 1 is 1.47 bits per heavy atom. The van der Waals surface area contributed by atoms with E-state index in [9.17, 15) is 0 Å². The van der Waals surface area contributed by atoms with Gasteiger partial charge in [-0.15, -0.1) is 0 Å². The summed E-state index contributed by atoms with van der Waals surface area (Å²) in [6.45, 7) is 5.63. The van der Waals surface area contributed by atoms with E-state index in [1.807, 2.05) is 12.3 Å². The van der Waals surface area contributed by atoms with E-state index in [4.69, 9.17) is 5.73 Å². The van der Waals surface area contributed by atoms with Crippen molar-refractivity contribution >= 4 is 11.4 Å². The van der Waals surface area contributed by atoms with Gasteiger partial charge in [-0.05, 0) is 30.2 Å². The molecule has 82 valence electrons. The summed E-state index contributed by atoms with van der Waals surface area (Å²) in [6, 6.07) is 1.93. The number of pyridine rings is 1. The number of anilines is 2. The summed E-state index contributed by atoms with van der Waals surface area (Å²) in [7, 11) is 0. The van der Waals surface area contributed by atoms with Crippen molar-refractivity contribution in [3.8, 4) is 0 Å². The normalized spacial score (nSPS) is 17.8. The minimum Gasteiger partial charge on any atom is -0.397 e. The molecular weight excluding hydrogens is 186 g/mol. The zero-order chi connectivity index (χ0) is 10.9. The van der Waals surface area contributed by atoms with Crippen LogP contribution in [0.5, 0.6) is 0 Å². The Morgan fingerprint density at radius 3 is 2.73 bits per heavy atom. The fourth-order valence-corrected chi connectivity index (χ4v) is 1.95. The van der Waals surface area contributed by atoms with Crippen LogP contribution < -0.4 is 11.1 Å². The Balaban J connectivity index is 1.94. The molecule has 0 spiro atoms. The zero-order valence-electron chi connectivity index (χ0n) is 9.46. The number of nitrogens with zero attached hydrogens (tertiary/aromatic N) is 1. The maximum absolute atomic E-state index is 5.67. The lowest BCUT2D eigenvalue weighted by atomic mass is 9.92. The lowest BCUT2D eigenvalue weighted by Crippen LogP contribution is -2.20. The van der Waals surface area contributed by atoms with E-state index in [1.54, 1.807) is 6.20 Å². The number of nitrogens with one attached hydrogen (secondary N) is 1. The molecule has 1 aliphatic carbocycles. The molecule has 1 heterocycles. The fraction of sp³-hybridized carbons (Fsp3) is 0.583. The molecule has 1 aromatic heterocycles. The predicted octanol–water partition coefficient (Wildman–Crippen LogP) is 2.51. The molecule has 0 aliphatic heterocycles. The van der Waals surface area contributed by atoms with Crippen LogP contribution >= 0.6 is 0 Å². The zero-order valence-corrected chi connectivity index (χ0v) is 9.46.